The third-order valence-electron chi connectivity index (χ3n) is 4.25. The van der Waals surface area contributed by atoms with Gasteiger partial charge in [-0.25, -0.2) is 5.43 Å². The average Bonchev–Trinajstić information content (AvgIpc) is 2.73. The fourth-order valence-corrected chi connectivity index (χ4v) is 2.66. The zero-order chi connectivity index (χ0) is 20.6. The summed E-state index contributed by atoms with van der Waals surface area (Å²) in [6.45, 7) is 1.78. The molecule has 6 nitrogen and oxygen atoms in total. The second-order valence-electron chi connectivity index (χ2n) is 6.47. The van der Waals surface area contributed by atoms with Crippen LogP contribution < -0.4 is 10.7 Å². The van der Waals surface area contributed by atoms with Gasteiger partial charge in [-0.3, -0.25) is 9.59 Å². The number of rotatable bonds is 6. The number of anilines is 1. The van der Waals surface area contributed by atoms with Crippen molar-refractivity contribution in [1.82, 2.24) is 5.43 Å². The Labute approximate surface area is 168 Å². The number of amides is 2. The number of benzene rings is 3. The number of phenolic OH excluding ortho intramolecular Hbond substituents is 1. The first kappa shape index (κ1) is 19.8. The summed E-state index contributed by atoms with van der Waals surface area (Å²) in [5.41, 5.74) is 5.97. The maximum absolute atomic E-state index is 12.1. The summed E-state index contributed by atoms with van der Waals surface area (Å²) in [5.74, 6) is -0.359. The van der Waals surface area contributed by atoms with Crippen LogP contribution in [0.5, 0.6) is 5.75 Å². The highest BCUT2D eigenvalue weighted by Crippen LogP contribution is 2.12. The van der Waals surface area contributed by atoms with Gasteiger partial charge < -0.3 is 10.4 Å². The quantitative estimate of drug-likeness (QED) is 0.445. The van der Waals surface area contributed by atoms with Gasteiger partial charge >= 0.3 is 0 Å². The average molecular weight is 387 g/mol. The van der Waals surface area contributed by atoms with Gasteiger partial charge in [0.1, 0.15) is 5.75 Å². The summed E-state index contributed by atoms with van der Waals surface area (Å²) in [5, 5.41) is 16.2. The molecule has 0 atom stereocenters. The maximum atomic E-state index is 12.1. The molecule has 0 fully saturated rings. The molecule has 3 rings (SSSR count). The van der Waals surface area contributed by atoms with Gasteiger partial charge in [0.25, 0.3) is 5.91 Å². The highest BCUT2D eigenvalue weighted by atomic mass is 16.3. The van der Waals surface area contributed by atoms with E-state index < -0.39 is 0 Å². The third-order valence-corrected chi connectivity index (χ3v) is 4.25. The van der Waals surface area contributed by atoms with E-state index in [9.17, 15) is 14.7 Å². The summed E-state index contributed by atoms with van der Waals surface area (Å²) in [6.07, 6.45) is 0.312. The van der Waals surface area contributed by atoms with E-state index in [1.807, 2.05) is 42.5 Å². The predicted octanol–water partition coefficient (Wildman–Crippen LogP) is 3.73. The Hall–Kier alpha value is -3.93. The first-order chi connectivity index (χ1) is 14.0. The lowest BCUT2D eigenvalue weighted by molar-refractivity contribution is -0.115. The van der Waals surface area contributed by atoms with Crippen LogP contribution in [0.2, 0.25) is 0 Å². The van der Waals surface area contributed by atoms with Gasteiger partial charge in [0.05, 0.1) is 12.1 Å². The predicted molar refractivity (Wildman–Crippen MR) is 113 cm³/mol. The van der Waals surface area contributed by atoms with Crippen LogP contribution in [0.15, 0.2) is 84.0 Å². The van der Waals surface area contributed by atoms with Crippen molar-refractivity contribution in [3.63, 3.8) is 0 Å². The molecule has 3 N–H and O–H groups in total. The van der Waals surface area contributed by atoms with Gasteiger partial charge in [-0.15, -0.1) is 0 Å². The molecule has 0 saturated heterocycles. The fraction of sp³-hybridized carbons (Fsp3) is 0.0870. The summed E-state index contributed by atoms with van der Waals surface area (Å²) >= 11 is 0. The number of nitrogens with zero attached hydrogens (tertiary/aromatic N) is 1. The highest BCUT2D eigenvalue weighted by Gasteiger charge is 2.06. The summed E-state index contributed by atoms with van der Waals surface area (Å²) < 4.78 is 0. The van der Waals surface area contributed by atoms with Gasteiger partial charge in [-0.05, 0) is 54.4 Å². The Balaban J connectivity index is 1.57. The molecule has 3 aromatic carbocycles. The highest BCUT2D eigenvalue weighted by molar-refractivity contribution is 6.01. The van der Waals surface area contributed by atoms with Gasteiger partial charge in [0.15, 0.2) is 0 Å². The maximum Gasteiger partial charge on any atom is 0.271 e. The van der Waals surface area contributed by atoms with Crippen molar-refractivity contribution >= 4 is 23.2 Å². The third kappa shape index (κ3) is 5.77. The molecular weight excluding hydrogens is 366 g/mol. The molecule has 0 aliphatic rings. The Kier molecular flexibility index (Phi) is 6.37. The Morgan fingerprint density at radius 1 is 0.862 bits per heavy atom. The van der Waals surface area contributed by atoms with Gasteiger partial charge in [-0.1, -0.05) is 42.5 Å². The van der Waals surface area contributed by atoms with E-state index in [-0.39, 0.29) is 17.6 Å². The molecule has 0 bridgehead atoms. The Morgan fingerprint density at radius 3 is 2.14 bits per heavy atom. The molecule has 0 aromatic heterocycles. The number of phenols is 1. The van der Waals surface area contributed by atoms with Crippen LogP contribution >= 0.6 is 0 Å². The first-order valence-electron chi connectivity index (χ1n) is 9.09. The van der Waals surface area contributed by atoms with E-state index in [4.69, 9.17) is 0 Å². The lowest BCUT2D eigenvalue weighted by Gasteiger charge is -2.07. The van der Waals surface area contributed by atoms with Gasteiger partial charge in [0, 0.05) is 11.3 Å². The molecule has 3 aromatic rings. The minimum Gasteiger partial charge on any atom is -0.508 e. The SMILES string of the molecule is CC(=NNC(=O)c1ccc(O)cc1)c1ccc(NC(=O)Cc2ccccc2)cc1. The van der Waals surface area contributed by atoms with Crippen LogP contribution in [0.1, 0.15) is 28.4 Å². The second-order valence-corrected chi connectivity index (χ2v) is 6.47. The van der Waals surface area contributed by atoms with Crippen LogP contribution in [0.4, 0.5) is 5.69 Å². The lowest BCUT2D eigenvalue weighted by Crippen LogP contribution is -2.19. The first-order valence-corrected chi connectivity index (χ1v) is 9.09. The van der Waals surface area contributed by atoms with Gasteiger partial charge in [0.2, 0.25) is 5.91 Å². The number of nitrogens with one attached hydrogen (secondary N) is 2. The van der Waals surface area contributed by atoms with Crippen LogP contribution in [-0.2, 0) is 11.2 Å². The molecule has 146 valence electrons. The number of carbonyl (C=O) groups is 2. The molecule has 0 aliphatic heterocycles. The number of carbonyl (C=O) groups excluding carboxylic acids is 2. The standard InChI is InChI=1S/C23H21N3O3/c1-16(25-26-23(29)19-9-13-21(27)14-10-19)18-7-11-20(12-8-18)24-22(28)15-17-5-3-2-4-6-17/h2-14,27H,15H2,1H3,(H,24,28)(H,26,29). The Morgan fingerprint density at radius 2 is 1.48 bits per heavy atom. The van der Waals surface area contributed by atoms with Crippen molar-refractivity contribution in [2.24, 2.45) is 5.10 Å². The summed E-state index contributed by atoms with van der Waals surface area (Å²) in [4.78, 5) is 24.2. The molecular formula is C23H21N3O3. The molecule has 0 aliphatic carbocycles. The molecule has 0 unspecified atom stereocenters. The minimum atomic E-state index is -0.367. The van der Waals surface area contributed by atoms with Crippen molar-refractivity contribution in [2.75, 3.05) is 5.32 Å². The minimum absolute atomic E-state index is 0.0875. The largest absolute Gasteiger partial charge is 0.508 e. The normalized spacial score (nSPS) is 11.0. The van der Waals surface area contributed by atoms with Crippen molar-refractivity contribution < 1.29 is 14.7 Å². The van der Waals surface area contributed by atoms with Gasteiger partial charge in [-0.2, -0.15) is 5.10 Å². The summed E-state index contributed by atoms with van der Waals surface area (Å²) in [6, 6.07) is 22.7. The topological polar surface area (TPSA) is 90.8 Å². The molecule has 0 saturated carbocycles. The van der Waals surface area contributed by atoms with Crippen molar-refractivity contribution in [1.29, 1.82) is 0 Å². The number of aromatic hydroxyl groups is 1. The van der Waals surface area contributed by atoms with Crippen LogP contribution in [0, 0.1) is 0 Å². The molecule has 0 spiro atoms. The summed E-state index contributed by atoms with van der Waals surface area (Å²) in [7, 11) is 0. The number of hydrogen-bond acceptors (Lipinski definition) is 4. The monoisotopic (exact) mass is 387 g/mol. The van der Waals surface area contributed by atoms with Crippen LogP contribution in [0.25, 0.3) is 0 Å². The smallest absolute Gasteiger partial charge is 0.271 e. The number of hydrogen-bond donors (Lipinski definition) is 3. The Bertz CT molecular complexity index is 1010. The fourth-order valence-electron chi connectivity index (χ4n) is 2.66. The van der Waals surface area contributed by atoms with Crippen LogP contribution in [-0.4, -0.2) is 22.6 Å². The number of hydrazone groups is 1. The molecule has 0 heterocycles. The van der Waals surface area contributed by atoms with Crippen molar-refractivity contribution in [3.05, 3.63) is 95.6 Å². The van der Waals surface area contributed by atoms with E-state index in [2.05, 4.69) is 15.8 Å². The van der Waals surface area contributed by atoms with Crippen molar-refractivity contribution in [3.8, 4) is 5.75 Å². The van der Waals surface area contributed by atoms with Crippen molar-refractivity contribution in [2.45, 2.75) is 13.3 Å². The van der Waals surface area contributed by atoms with E-state index in [0.717, 1.165) is 11.1 Å². The van der Waals surface area contributed by atoms with E-state index >= 15 is 0 Å². The zero-order valence-corrected chi connectivity index (χ0v) is 15.9. The molecule has 0 radical (unpaired) electrons. The molecule has 29 heavy (non-hydrogen) atoms. The lowest BCUT2D eigenvalue weighted by atomic mass is 10.1. The van der Waals surface area contributed by atoms with Crippen LogP contribution in [0.3, 0.4) is 0 Å². The van der Waals surface area contributed by atoms with E-state index in [1.165, 1.54) is 24.3 Å². The molecule has 2 amide bonds. The molecule has 6 heteroatoms. The second kappa shape index (κ2) is 9.32. The zero-order valence-electron chi connectivity index (χ0n) is 15.9. The van der Waals surface area contributed by atoms with E-state index in [0.29, 0.717) is 23.4 Å². The van der Waals surface area contributed by atoms with E-state index in [1.54, 1.807) is 19.1 Å².